The van der Waals surface area contributed by atoms with Crippen LogP contribution in [0.2, 0.25) is 0 Å². The fraction of sp³-hybridized carbons (Fsp3) is 0.286. The predicted molar refractivity (Wildman–Crippen MR) is 75.7 cm³/mol. The number of imidazole rings is 1. The Morgan fingerprint density at radius 3 is 2.76 bits per heavy atom. The van der Waals surface area contributed by atoms with E-state index in [0.29, 0.717) is 12.1 Å². The largest absolute Gasteiger partial charge is 0.369 e. The molecule has 0 unspecified atom stereocenters. The zero-order valence-electron chi connectivity index (χ0n) is 11.8. The van der Waals surface area contributed by atoms with E-state index in [1.807, 2.05) is 20.2 Å². The number of halogens is 2. The average Bonchev–Trinajstić information content (AvgIpc) is 2.96. The van der Waals surface area contributed by atoms with Gasteiger partial charge in [-0.3, -0.25) is 4.68 Å². The molecule has 1 aromatic carbocycles. The molecule has 0 fully saturated rings. The maximum atomic E-state index is 14.1. The second kappa shape index (κ2) is 4.83. The van der Waals surface area contributed by atoms with Crippen LogP contribution < -0.4 is 5.73 Å². The summed E-state index contributed by atoms with van der Waals surface area (Å²) in [4.78, 5) is 4.08. The van der Waals surface area contributed by atoms with Gasteiger partial charge in [-0.15, -0.1) is 0 Å². The van der Waals surface area contributed by atoms with Crippen LogP contribution in [0.15, 0.2) is 18.3 Å². The van der Waals surface area contributed by atoms with Gasteiger partial charge in [0.15, 0.2) is 11.6 Å². The molecule has 0 aliphatic heterocycles. The van der Waals surface area contributed by atoms with Gasteiger partial charge in [0.05, 0.1) is 17.8 Å². The molecule has 3 rings (SSSR count). The molecule has 21 heavy (non-hydrogen) atoms. The minimum absolute atomic E-state index is 0.0819. The third-order valence-electron chi connectivity index (χ3n) is 3.48. The highest BCUT2D eigenvalue weighted by atomic mass is 19.2. The molecule has 0 amide bonds. The topological polar surface area (TPSA) is 61.7 Å². The number of fused-ring (bicyclic) bond motifs is 1. The molecular formula is C14H15F2N5. The molecular weight excluding hydrogens is 276 g/mol. The second-order valence-corrected chi connectivity index (χ2v) is 4.91. The Balaban J connectivity index is 2.16. The van der Waals surface area contributed by atoms with E-state index in [-0.39, 0.29) is 11.5 Å². The Bertz CT molecular complexity index is 818. The van der Waals surface area contributed by atoms with Gasteiger partial charge in [0, 0.05) is 18.8 Å². The molecule has 0 atom stereocenters. The average molecular weight is 291 g/mol. The SMILES string of the molecule is CCc1nn(C)cc1Cn1c(N)nc2ccc(F)c(F)c21. The van der Waals surface area contributed by atoms with Gasteiger partial charge in [0.25, 0.3) is 0 Å². The molecule has 110 valence electrons. The molecule has 0 bridgehead atoms. The van der Waals surface area contributed by atoms with Gasteiger partial charge in [-0.25, -0.2) is 13.8 Å². The van der Waals surface area contributed by atoms with Crippen LogP contribution in [0.5, 0.6) is 0 Å². The summed E-state index contributed by atoms with van der Waals surface area (Å²) in [5.74, 6) is -1.69. The monoisotopic (exact) mass is 291 g/mol. The van der Waals surface area contributed by atoms with Crippen molar-refractivity contribution in [1.29, 1.82) is 0 Å². The second-order valence-electron chi connectivity index (χ2n) is 4.91. The van der Waals surface area contributed by atoms with Crippen molar-refractivity contribution in [3.05, 3.63) is 41.2 Å². The van der Waals surface area contributed by atoms with Crippen molar-refractivity contribution in [2.45, 2.75) is 19.9 Å². The summed E-state index contributed by atoms with van der Waals surface area (Å²) < 4.78 is 30.7. The van der Waals surface area contributed by atoms with Gasteiger partial charge < -0.3 is 10.3 Å². The lowest BCUT2D eigenvalue weighted by Crippen LogP contribution is -2.07. The maximum Gasteiger partial charge on any atom is 0.201 e. The molecule has 3 aromatic rings. The number of hydrogen-bond acceptors (Lipinski definition) is 3. The van der Waals surface area contributed by atoms with Crippen LogP contribution in [0.4, 0.5) is 14.7 Å². The van der Waals surface area contributed by atoms with E-state index in [2.05, 4.69) is 10.1 Å². The molecule has 7 heteroatoms. The first kappa shape index (κ1) is 13.5. The third kappa shape index (κ3) is 2.14. The van der Waals surface area contributed by atoms with Gasteiger partial charge in [0.1, 0.15) is 5.52 Å². The summed E-state index contributed by atoms with van der Waals surface area (Å²) in [6, 6.07) is 2.47. The minimum Gasteiger partial charge on any atom is -0.369 e. The number of aromatic nitrogens is 4. The van der Waals surface area contributed by atoms with Gasteiger partial charge >= 0.3 is 0 Å². The van der Waals surface area contributed by atoms with E-state index in [4.69, 9.17) is 5.73 Å². The van der Waals surface area contributed by atoms with Gasteiger partial charge in [-0.05, 0) is 18.6 Å². The summed E-state index contributed by atoms with van der Waals surface area (Å²) in [6.45, 7) is 2.29. The van der Waals surface area contributed by atoms with E-state index in [0.717, 1.165) is 23.7 Å². The summed E-state index contributed by atoms with van der Waals surface area (Å²) in [5.41, 5.74) is 8.09. The van der Waals surface area contributed by atoms with Crippen molar-refractivity contribution < 1.29 is 8.78 Å². The Morgan fingerprint density at radius 1 is 1.29 bits per heavy atom. The number of nitrogens with zero attached hydrogens (tertiary/aromatic N) is 4. The molecule has 0 aliphatic rings. The number of nitrogens with two attached hydrogens (primary N) is 1. The number of aryl methyl sites for hydroxylation is 2. The zero-order chi connectivity index (χ0) is 15.1. The summed E-state index contributed by atoms with van der Waals surface area (Å²) in [6.07, 6.45) is 2.60. The van der Waals surface area contributed by atoms with E-state index < -0.39 is 11.6 Å². The van der Waals surface area contributed by atoms with Crippen LogP contribution in [0.1, 0.15) is 18.2 Å². The van der Waals surface area contributed by atoms with Crippen LogP contribution in [0.25, 0.3) is 11.0 Å². The maximum absolute atomic E-state index is 14.1. The van der Waals surface area contributed by atoms with E-state index in [1.54, 1.807) is 4.68 Å². The lowest BCUT2D eigenvalue weighted by atomic mass is 10.2. The van der Waals surface area contributed by atoms with Crippen molar-refractivity contribution in [2.75, 3.05) is 5.73 Å². The van der Waals surface area contributed by atoms with Gasteiger partial charge in [-0.1, -0.05) is 6.92 Å². The highest BCUT2D eigenvalue weighted by Crippen LogP contribution is 2.24. The van der Waals surface area contributed by atoms with Gasteiger partial charge in [0.2, 0.25) is 5.95 Å². The van der Waals surface area contributed by atoms with Crippen LogP contribution in [0.3, 0.4) is 0 Å². The van der Waals surface area contributed by atoms with Gasteiger partial charge in [-0.2, -0.15) is 5.10 Å². The quantitative estimate of drug-likeness (QED) is 0.805. The van der Waals surface area contributed by atoms with Crippen LogP contribution in [0, 0.1) is 11.6 Å². The summed E-state index contributed by atoms with van der Waals surface area (Å²) in [5, 5.41) is 4.33. The van der Waals surface area contributed by atoms with Crippen LogP contribution in [-0.2, 0) is 20.0 Å². The standard InChI is InChI=1S/C14H15F2N5/c1-3-10-8(6-20(2)19-10)7-21-13-11(18-14(21)17)5-4-9(15)12(13)16/h4-6H,3,7H2,1-2H3,(H2,17,18). The first-order valence-electron chi connectivity index (χ1n) is 6.62. The number of anilines is 1. The van der Waals surface area contributed by atoms with E-state index >= 15 is 0 Å². The number of hydrogen-bond donors (Lipinski definition) is 1. The minimum atomic E-state index is -0.932. The summed E-state index contributed by atoms with van der Waals surface area (Å²) in [7, 11) is 1.82. The first-order chi connectivity index (χ1) is 10.0. The molecule has 2 aromatic heterocycles. The Kier molecular flexibility index (Phi) is 3.12. The molecule has 0 saturated heterocycles. The van der Waals surface area contributed by atoms with Crippen molar-refractivity contribution in [2.24, 2.45) is 7.05 Å². The van der Waals surface area contributed by atoms with Crippen molar-refractivity contribution in [1.82, 2.24) is 19.3 Å². The first-order valence-corrected chi connectivity index (χ1v) is 6.62. The summed E-state index contributed by atoms with van der Waals surface area (Å²) >= 11 is 0. The van der Waals surface area contributed by atoms with Crippen LogP contribution in [-0.4, -0.2) is 19.3 Å². The Morgan fingerprint density at radius 2 is 2.05 bits per heavy atom. The highest BCUT2D eigenvalue weighted by Gasteiger charge is 2.17. The number of rotatable bonds is 3. The molecule has 2 heterocycles. The number of benzene rings is 1. The zero-order valence-corrected chi connectivity index (χ0v) is 11.8. The van der Waals surface area contributed by atoms with E-state index in [9.17, 15) is 8.78 Å². The molecule has 5 nitrogen and oxygen atoms in total. The molecule has 0 radical (unpaired) electrons. The lowest BCUT2D eigenvalue weighted by molar-refractivity contribution is 0.512. The lowest BCUT2D eigenvalue weighted by Gasteiger charge is -2.07. The Labute approximate surface area is 120 Å². The molecule has 0 aliphatic carbocycles. The normalized spacial score (nSPS) is 11.4. The smallest absolute Gasteiger partial charge is 0.201 e. The number of nitrogen functional groups attached to an aromatic ring is 1. The molecule has 0 spiro atoms. The van der Waals surface area contributed by atoms with Crippen LogP contribution >= 0.6 is 0 Å². The van der Waals surface area contributed by atoms with Crippen molar-refractivity contribution >= 4 is 17.0 Å². The van der Waals surface area contributed by atoms with Crippen molar-refractivity contribution in [3.63, 3.8) is 0 Å². The molecule has 0 saturated carbocycles. The highest BCUT2D eigenvalue weighted by molar-refractivity contribution is 5.79. The fourth-order valence-electron chi connectivity index (χ4n) is 2.52. The Hall–Kier alpha value is -2.44. The predicted octanol–water partition coefficient (Wildman–Crippen LogP) is 2.24. The molecule has 2 N–H and O–H groups in total. The van der Waals surface area contributed by atoms with Crippen molar-refractivity contribution in [3.8, 4) is 0 Å². The third-order valence-corrected chi connectivity index (χ3v) is 3.48. The van der Waals surface area contributed by atoms with E-state index in [1.165, 1.54) is 10.6 Å². The fourth-order valence-corrected chi connectivity index (χ4v) is 2.52.